The molecule has 0 aliphatic carbocycles. The summed E-state index contributed by atoms with van der Waals surface area (Å²) in [7, 11) is 4.33. The Balaban J connectivity index is -0.000000627. The second-order valence-corrected chi connectivity index (χ2v) is 13.5. The second kappa shape index (κ2) is 43.5. The van der Waals surface area contributed by atoms with Gasteiger partial charge in [-0.15, -0.1) is 29.8 Å². The molecule has 2 aliphatic heterocycles. The second-order valence-electron chi connectivity index (χ2n) is 8.71. The van der Waals surface area contributed by atoms with Crippen LogP contribution in [0.3, 0.4) is 0 Å². The van der Waals surface area contributed by atoms with E-state index < -0.39 is 0 Å². The molecule has 0 N–H and O–H groups in total. The normalized spacial score (nSPS) is 15.8. The van der Waals surface area contributed by atoms with E-state index in [1.165, 1.54) is 57.8 Å². The Morgan fingerprint density at radius 2 is 0.792 bits per heavy atom. The minimum atomic E-state index is 0. The van der Waals surface area contributed by atoms with Gasteiger partial charge in [-0.2, -0.15) is 0 Å². The average Bonchev–Trinajstić information content (AvgIpc) is 3.89. The number of benzene rings is 2. The van der Waals surface area contributed by atoms with Gasteiger partial charge >= 0.3 is 33.9 Å². The fourth-order valence-corrected chi connectivity index (χ4v) is 9.57. The standard InChI is InChI=1S/C14H10P3.C12H24O6.C4H8O.3CO.K.Mo/c1-3-7-11(8-4-1)13-14(16-17-15-13)12-9-5-2-6-10-12;1-2-14-5-6-16-9-10-18-12-11-17-8-7-15-4-3-13-1;1-2-4-5-3-1;3*1-2;;/h1-10H;1-12H2;1-4H2;;;;;/q-1;;;;;;;. The molecule has 2 aliphatic rings. The van der Waals surface area contributed by atoms with Gasteiger partial charge in [-0.1, -0.05) is 60.4 Å². The van der Waals surface area contributed by atoms with Crippen LogP contribution >= 0.6 is 23.3 Å². The van der Waals surface area contributed by atoms with Gasteiger partial charge in [-0.3, -0.25) is 0 Å². The van der Waals surface area contributed by atoms with Gasteiger partial charge in [0.05, 0.1) is 79.3 Å². The van der Waals surface area contributed by atoms with E-state index in [-0.39, 0.29) is 72.4 Å². The molecular weight excluding hydrogens is 784 g/mol. The predicted octanol–water partition coefficient (Wildman–Crippen LogP) is 6.88. The Kier molecular flexibility index (Phi) is 47.8. The van der Waals surface area contributed by atoms with E-state index in [0.29, 0.717) is 79.3 Å². The molecule has 2 saturated heterocycles. The minimum absolute atomic E-state index is 0. The third-order valence-electron chi connectivity index (χ3n) is 5.67. The van der Waals surface area contributed by atoms with Gasteiger partial charge in [0.25, 0.3) is 0 Å². The molecule has 1 aromatic heterocycles. The van der Waals surface area contributed by atoms with E-state index in [4.69, 9.17) is 47.1 Å². The van der Waals surface area contributed by atoms with Crippen molar-refractivity contribution in [3.63, 3.8) is 0 Å². The van der Waals surface area contributed by atoms with Crippen LogP contribution in [0.25, 0.3) is 21.7 Å². The molecule has 0 saturated carbocycles. The Morgan fingerprint density at radius 1 is 0.479 bits per heavy atom. The van der Waals surface area contributed by atoms with Crippen molar-refractivity contribution in [3.05, 3.63) is 80.6 Å². The maximum Gasteiger partial charge on any atom is 0 e. The summed E-state index contributed by atoms with van der Waals surface area (Å²) >= 11 is 0. The third kappa shape index (κ3) is 29.0. The van der Waals surface area contributed by atoms with Gasteiger partial charge in [-0.25, -0.2) is 0 Å². The molecule has 257 valence electrons. The van der Waals surface area contributed by atoms with Crippen LogP contribution < -0.4 is 0 Å². The summed E-state index contributed by atoms with van der Waals surface area (Å²) in [5, 5.41) is 2.97. The quantitative estimate of drug-likeness (QED) is 0.157. The topological polar surface area (TPSA) is 124 Å². The molecule has 1 radical (unpaired) electrons. The van der Waals surface area contributed by atoms with Gasteiger partial charge < -0.3 is 33.2 Å². The molecule has 0 unspecified atom stereocenters. The summed E-state index contributed by atoms with van der Waals surface area (Å²) in [6.07, 6.45) is 2.56. The van der Waals surface area contributed by atoms with Crippen LogP contribution in [0, 0.1) is 20.0 Å². The SMILES string of the molecule is C1CCOC1.C1COCCOCCOCCOCCOCCO1.[C-]#[O+].[C-]#[O+].[C-]#[O+].[K].[Mo].c1ccc(-c2ppp[c-]2-c2ccccc2)cc1. The van der Waals surface area contributed by atoms with Gasteiger partial charge in [-0.05, 0) is 28.3 Å². The summed E-state index contributed by atoms with van der Waals surface area (Å²) in [5.41, 5.74) is 2.73. The summed E-state index contributed by atoms with van der Waals surface area (Å²) in [5.74, 6) is 0. The molecular formula is C33H42KMoO10P3-. The van der Waals surface area contributed by atoms with E-state index in [2.05, 4.69) is 80.6 Å². The fourth-order valence-electron chi connectivity index (χ4n) is 3.62. The van der Waals surface area contributed by atoms with Crippen molar-refractivity contribution < 1.29 is 68.2 Å². The summed E-state index contributed by atoms with van der Waals surface area (Å²) < 4.78 is 59.4. The zero-order valence-corrected chi connectivity index (χ0v) is 35.2. The summed E-state index contributed by atoms with van der Waals surface area (Å²) in [6, 6.07) is 21.5. The van der Waals surface area contributed by atoms with E-state index in [1.54, 1.807) is 0 Å². The molecule has 0 atom stereocenters. The van der Waals surface area contributed by atoms with Crippen molar-refractivity contribution in [3.8, 4) is 21.7 Å². The van der Waals surface area contributed by atoms with Gasteiger partial charge in [0.2, 0.25) is 0 Å². The smallest absolute Gasteiger partial charge is 0 e. The van der Waals surface area contributed by atoms with Crippen molar-refractivity contribution in [2.45, 2.75) is 12.8 Å². The summed E-state index contributed by atoms with van der Waals surface area (Å²) in [4.78, 5) is 0. The van der Waals surface area contributed by atoms with Gasteiger partial charge in [0.1, 0.15) is 0 Å². The van der Waals surface area contributed by atoms with E-state index in [9.17, 15) is 0 Å². The van der Waals surface area contributed by atoms with Crippen LogP contribution in [0.15, 0.2) is 60.7 Å². The molecule has 5 rings (SSSR count). The zero-order chi connectivity index (χ0) is 33.8. The van der Waals surface area contributed by atoms with E-state index >= 15 is 0 Å². The van der Waals surface area contributed by atoms with Crippen molar-refractivity contribution in [1.82, 2.24) is 0 Å². The van der Waals surface area contributed by atoms with Gasteiger partial charge in [0.15, 0.2) is 0 Å². The fraction of sp³-hybridized carbons (Fsp3) is 0.485. The van der Waals surface area contributed by atoms with E-state index in [0.717, 1.165) is 13.2 Å². The Hall–Kier alpha value is 0.345. The van der Waals surface area contributed by atoms with Crippen LogP contribution in [0.5, 0.6) is 0 Å². The van der Waals surface area contributed by atoms with Crippen LogP contribution in [0.4, 0.5) is 0 Å². The van der Waals surface area contributed by atoms with Crippen molar-refractivity contribution in [2.75, 3.05) is 92.5 Å². The number of hydrogen-bond acceptors (Lipinski definition) is 7. The van der Waals surface area contributed by atoms with Crippen LogP contribution in [0.2, 0.25) is 0 Å². The van der Waals surface area contributed by atoms with Gasteiger partial charge in [0, 0.05) is 85.7 Å². The first-order valence-electron chi connectivity index (χ1n) is 14.6. The molecule has 0 bridgehead atoms. The zero-order valence-electron chi connectivity index (χ0n) is 27.4. The van der Waals surface area contributed by atoms with Crippen molar-refractivity contribution >= 4 is 74.7 Å². The first kappa shape index (κ1) is 52.7. The largest absolute Gasteiger partial charge is 0.135 e. The van der Waals surface area contributed by atoms with Crippen LogP contribution in [0.1, 0.15) is 12.8 Å². The monoisotopic (exact) mass is 828 g/mol. The molecule has 3 heterocycles. The maximum absolute atomic E-state index is 7.50. The van der Waals surface area contributed by atoms with Crippen LogP contribution in [-0.2, 0) is 68.2 Å². The molecule has 15 heteroatoms. The molecule has 10 nitrogen and oxygen atoms in total. The Bertz CT molecular complexity index is 970. The summed E-state index contributed by atoms with van der Waals surface area (Å²) in [6.45, 7) is 22.5. The average molecular weight is 827 g/mol. The van der Waals surface area contributed by atoms with Crippen LogP contribution in [-0.4, -0.2) is 144 Å². The van der Waals surface area contributed by atoms with Crippen molar-refractivity contribution in [2.24, 2.45) is 0 Å². The third-order valence-corrected chi connectivity index (χ3v) is 10.7. The molecule has 2 aromatic carbocycles. The Morgan fingerprint density at radius 3 is 1.10 bits per heavy atom. The number of hydrogen-bond donors (Lipinski definition) is 0. The number of ether oxygens (including phenoxy) is 7. The first-order valence-corrected chi connectivity index (χ1v) is 18.7. The maximum atomic E-state index is 7.50. The Labute approximate surface area is 347 Å². The number of rotatable bonds is 2. The minimum Gasteiger partial charge on any atom is -0.135 e. The first-order chi connectivity index (χ1) is 22.9. The molecule has 2 fully saturated rings. The molecule has 0 amide bonds. The predicted molar refractivity (Wildman–Crippen MR) is 183 cm³/mol. The molecule has 48 heavy (non-hydrogen) atoms. The molecule has 0 spiro atoms. The van der Waals surface area contributed by atoms with Crippen molar-refractivity contribution in [1.29, 1.82) is 0 Å². The van der Waals surface area contributed by atoms with E-state index in [1.807, 2.05) is 0 Å². The molecule has 3 aromatic rings.